The van der Waals surface area contributed by atoms with Crippen molar-refractivity contribution in [2.24, 2.45) is 0 Å². The number of nitrogens with one attached hydrogen (secondary N) is 2. The van der Waals surface area contributed by atoms with Gasteiger partial charge in [0, 0.05) is 18.8 Å². The van der Waals surface area contributed by atoms with Crippen molar-refractivity contribution in [1.29, 1.82) is 0 Å². The van der Waals surface area contributed by atoms with Crippen LogP contribution in [0.25, 0.3) is 5.69 Å². The molecule has 0 radical (unpaired) electrons. The number of imidazole rings is 1. The number of nitrogens with zero attached hydrogens (tertiary/aromatic N) is 2. The summed E-state index contributed by atoms with van der Waals surface area (Å²) in [6, 6.07) is 19.5. The number of hydrogen-bond acceptors (Lipinski definition) is 6. The molecule has 34 heavy (non-hydrogen) atoms. The van der Waals surface area contributed by atoms with E-state index in [9.17, 15) is 8.42 Å². The van der Waals surface area contributed by atoms with E-state index < -0.39 is 10.0 Å². The minimum Gasteiger partial charge on any atom is -0.497 e. The van der Waals surface area contributed by atoms with Crippen LogP contribution in [0.15, 0.2) is 84.1 Å². The summed E-state index contributed by atoms with van der Waals surface area (Å²) in [5, 5.41) is 3.22. The van der Waals surface area contributed by atoms with Crippen LogP contribution in [0.4, 0.5) is 11.4 Å². The number of aryl methyl sites for hydroxylation is 1. The Hall–Kier alpha value is -3.98. The maximum absolute atomic E-state index is 13.3. The Labute approximate surface area is 199 Å². The molecular formula is C25H26N4O4S. The maximum Gasteiger partial charge on any atom is 0.263 e. The highest BCUT2D eigenvalue weighted by Crippen LogP contribution is 2.30. The zero-order valence-corrected chi connectivity index (χ0v) is 20.0. The second kappa shape index (κ2) is 9.88. The molecule has 0 unspecified atom stereocenters. The van der Waals surface area contributed by atoms with Gasteiger partial charge in [-0.3, -0.25) is 4.72 Å². The fourth-order valence-corrected chi connectivity index (χ4v) is 4.74. The molecule has 0 spiro atoms. The van der Waals surface area contributed by atoms with Crippen LogP contribution < -0.4 is 19.5 Å². The zero-order chi connectivity index (χ0) is 24.1. The van der Waals surface area contributed by atoms with E-state index in [1.807, 2.05) is 42.0 Å². The molecule has 0 aliphatic rings. The van der Waals surface area contributed by atoms with Crippen LogP contribution in [0.5, 0.6) is 11.5 Å². The second-order valence-corrected chi connectivity index (χ2v) is 9.26. The second-order valence-electron chi connectivity index (χ2n) is 7.61. The van der Waals surface area contributed by atoms with Crippen molar-refractivity contribution in [3.05, 3.63) is 90.5 Å². The van der Waals surface area contributed by atoms with Gasteiger partial charge >= 0.3 is 0 Å². The molecule has 3 aromatic carbocycles. The van der Waals surface area contributed by atoms with E-state index >= 15 is 0 Å². The summed E-state index contributed by atoms with van der Waals surface area (Å²) in [6.07, 6.45) is 3.55. The van der Waals surface area contributed by atoms with Crippen molar-refractivity contribution in [3.63, 3.8) is 0 Å². The SMILES string of the molecule is COc1ccc(CNc2ccccc2S(=O)(=O)Nc2ccc(-n3cnc(C)c3)c(OC)c2)cc1. The van der Waals surface area contributed by atoms with Gasteiger partial charge in [-0.25, -0.2) is 13.4 Å². The topological polar surface area (TPSA) is 94.5 Å². The number of methoxy groups -OCH3 is 2. The summed E-state index contributed by atoms with van der Waals surface area (Å²) >= 11 is 0. The number of benzene rings is 3. The molecule has 0 saturated heterocycles. The van der Waals surface area contributed by atoms with Gasteiger partial charge in [0.2, 0.25) is 0 Å². The first-order valence-corrected chi connectivity index (χ1v) is 12.1. The lowest BCUT2D eigenvalue weighted by molar-refractivity contribution is 0.413. The highest BCUT2D eigenvalue weighted by atomic mass is 32.2. The molecule has 0 atom stereocenters. The van der Waals surface area contributed by atoms with Gasteiger partial charge in [-0.05, 0) is 48.9 Å². The third-order valence-electron chi connectivity index (χ3n) is 5.24. The van der Waals surface area contributed by atoms with Crippen molar-refractivity contribution < 1.29 is 17.9 Å². The van der Waals surface area contributed by atoms with E-state index in [4.69, 9.17) is 9.47 Å². The number of aromatic nitrogens is 2. The first kappa shape index (κ1) is 23.2. The largest absolute Gasteiger partial charge is 0.497 e. The molecule has 4 aromatic rings. The number of ether oxygens (including phenoxy) is 2. The van der Waals surface area contributed by atoms with Crippen molar-refractivity contribution >= 4 is 21.4 Å². The van der Waals surface area contributed by atoms with E-state index in [2.05, 4.69) is 15.0 Å². The predicted molar refractivity (Wildman–Crippen MR) is 132 cm³/mol. The van der Waals surface area contributed by atoms with Crippen LogP contribution in [-0.4, -0.2) is 32.2 Å². The number of para-hydroxylation sites is 1. The smallest absolute Gasteiger partial charge is 0.263 e. The van der Waals surface area contributed by atoms with Gasteiger partial charge in [-0.2, -0.15) is 0 Å². The molecule has 176 valence electrons. The average molecular weight is 479 g/mol. The Morgan fingerprint density at radius 1 is 0.971 bits per heavy atom. The summed E-state index contributed by atoms with van der Waals surface area (Å²) in [5.41, 5.74) is 3.51. The van der Waals surface area contributed by atoms with Crippen molar-refractivity contribution in [3.8, 4) is 17.2 Å². The lowest BCUT2D eigenvalue weighted by Gasteiger charge is -2.16. The van der Waals surface area contributed by atoms with Crippen molar-refractivity contribution in [2.45, 2.75) is 18.4 Å². The number of anilines is 2. The Balaban J connectivity index is 1.55. The fourth-order valence-electron chi connectivity index (χ4n) is 3.51. The normalized spacial score (nSPS) is 11.1. The minimum absolute atomic E-state index is 0.150. The van der Waals surface area contributed by atoms with Gasteiger partial charge in [0.25, 0.3) is 10.0 Å². The number of sulfonamides is 1. The third-order valence-corrected chi connectivity index (χ3v) is 6.68. The molecule has 1 aromatic heterocycles. The molecule has 0 aliphatic heterocycles. The highest BCUT2D eigenvalue weighted by molar-refractivity contribution is 7.92. The van der Waals surface area contributed by atoms with Gasteiger partial charge in [-0.1, -0.05) is 24.3 Å². The number of hydrogen-bond donors (Lipinski definition) is 2. The Bertz CT molecular complexity index is 1380. The molecule has 2 N–H and O–H groups in total. The van der Waals surface area contributed by atoms with Crippen molar-refractivity contribution in [2.75, 3.05) is 24.3 Å². The van der Waals surface area contributed by atoms with Crippen LogP contribution in [0.3, 0.4) is 0 Å². The zero-order valence-electron chi connectivity index (χ0n) is 19.1. The third kappa shape index (κ3) is 5.15. The van der Waals surface area contributed by atoms with Crippen molar-refractivity contribution in [1.82, 2.24) is 9.55 Å². The van der Waals surface area contributed by atoms with Crippen LogP contribution in [0, 0.1) is 6.92 Å². The monoisotopic (exact) mass is 478 g/mol. The summed E-state index contributed by atoms with van der Waals surface area (Å²) < 4.78 is 41.7. The van der Waals surface area contributed by atoms with Gasteiger partial charge in [-0.15, -0.1) is 0 Å². The summed E-state index contributed by atoms with van der Waals surface area (Å²) in [7, 11) is -0.709. The van der Waals surface area contributed by atoms with E-state index in [1.54, 1.807) is 63.0 Å². The van der Waals surface area contributed by atoms with Gasteiger partial charge in [0.1, 0.15) is 16.4 Å². The molecule has 0 bridgehead atoms. The number of rotatable bonds is 9. The summed E-state index contributed by atoms with van der Waals surface area (Å²) in [4.78, 5) is 4.38. The Morgan fingerprint density at radius 3 is 2.41 bits per heavy atom. The molecule has 4 rings (SSSR count). The van der Waals surface area contributed by atoms with Gasteiger partial charge in [0.05, 0.1) is 43.3 Å². The molecular weight excluding hydrogens is 452 g/mol. The molecule has 0 amide bonds. The van der Waals surface area contributed by atoms with E-state index in [0.717, 1.165) is 22.7 Å². The van der Waals surface area contributed by atoms with E-state index in [1.165, 1.54) is 0 Å². The predicted octanol–water partition coefficient (Wildman–Crippen LogP) is 4.61. The first-order valence-electron chi connectivity index (χ1n) is 10.6. The molecule has 1 heterocycles. The molecule has 9 heteroatoms. The van der Waals surface area contributed by atoms with Crippen LogP contribution >= 0.6 is 0 Å². The minimum atomic E-state index is -3.86. The Kier molecular flexibility index (Phi) is 6.74. The first-order chi connectivity index (χ1) is 16.4. The lowest BCUT2D eigenvalue weighted by Crippen LogP contribution is -2.15. The molecule has 0 saturated carbocycles. The van der Waals surface area contributed by atoms with Gasteiger partial charge < -0.3 is 19.4 Å². The molecule has 0 aliphatic carbocycles. The van der Waals surface area contributed by atoms with E-state index in [-0.39, 0.29) is 4.90 Å². The summed E-state index contributed by atoms with van der Waals surface area (Å²) in [5.74, 6) is 1.28. The van der Waals surface area contributed by atoms with Crippen LogP contribution in [0.1, 0.15) is 11.3 Å². The Morgan fingerprint density at radius 2 is 1.74 bits per heavy atom. The quantitative estimate of drug-likeness (QED) is 0.365. The standard InChI is InChI=1S/C25H26N4O4S/c1-18-16-29(17-27-18)23-13-10-20(14-24(23)33-3)28-34(30,31)25-7-5-4-6-22(25)26-15-19-8-11-21(32-2)12-9-19/h4-14,16-17,26,28H,15H2,1-3H3. The highest BCUT2D eigenvalue weighted by Gasteiger charge is 2.19. The average Bonchev–Trinajstić information content (AvgIpc) is 3.28. The lowest BCUT2D eigenvalue weighted by atomic mass is 10.2. The van der Waals surface area contributed by atoms with E-state index in [0.29, 0.717) is 23.7 Å². The fraction of sp³-hybridized carbons (Fsp3) is 0.160. The summed E-state index contributed by atoms with van der Waals surface area (Å²) in [6.45, 7) is 2.36. The molecule has 0 fully saturated rings. The van der Waals surface area contributed by atoms with Gasteiger partial charge in [0.15, 0.2) is 0 Å². The molecule has 8 nitrogen and oxygen atoms in total. The van der Waals surface area contributed by atoms with Crippen LogP contribution in [0.2, 0.25) is 0 Å². The van der Waals surface area contributed by atoms with Crippen LogP contribution in [-0.2, 0) is 16.6 Å². The maximum atomic E-state index is 13.3.